The van der Waals surface area contributed by atoms with Crippen LogP contribution in [0.4, 0.5) is 5.69 Å². The SMILES string of the molecule is O=C(CCCC(=O)N1[C@@H]2C[C@@H]2C[C@H]1C(=O)N[C@H]1CCc2ccc(Br)cc21)Nc1ccccc1. The zero-order chi connectivity index (χ0) is 22.9. The average molecular weight is 510 g/mol. The summed E-state index contributed by atoms with van der Waals surface area (Å²) in [4.78, 5) is 40.2. The molecule has 0 bridgehead atoms. The van der Waals surface area contributed by atoms with Gasteiger partial charge in [0, 0.05) is 29.0 Å². The number of para-hydroxylation sites is 1. The van der Waals surface area contributed by atoms with Crippen molar-refractivity contribution in [2.75, 3.05) is 5.32 Å². The van der Waals surface area contributed by atoms with Crippen LogP contribution in [0.25, 0.3) is 0 Å². The molecule has 2 aromatic carbocycles. The van der Waals surface area contributed by atoms with Gasteiger partial charge >= 0.3 is 0 Å². The molecule has 2 fully saturated rings. The lowest BCUT2D eigenvalue weighted by molar-refractivity contribution is -0.140. The highest BCUT2D eigenvalue weighted by molar-refractivity contribution is 9.10. The van der Waals surface area contributed by atoms with Gasteiger partial charge in [-0.3, -0.25) is 14.4 Å². The number of anilines is 1. The Morgan fingerprint density at radius 3 is 2.67 bits per heavy atom. The highest BCUT2D eigenvalue weighted by atomic mass is 79.9. The van der Waals surface area contributed by atoms with Gasteiger partial charge in [-0.1, -0.05) is 40.2 Å². The van der Waals surface area contributed by atoms with Crippen molar-refractivity contribution < 1.29 is 14.4 Å². The zero-order valence-electron chi connectivity index (χ0n) is 18.4. The fourth-order valence-corrected chi connectivity index (χ4v) is 5.69. The van der Waals surface area contributed by atoms with Crippen LogP contribution in [0.1, 0.15) is 55.7 Å². The molecule has 0 unspecified atom stereocenters. The first-order chi connectivity index (χ1) is 16.0. The van der Waals surface area contributed by atoms with E-state index in [9.17, 15) is 14.4 Å². The van der Waals surface area contributed by atoms with E-state index in [0.29, 0.717) is 12.3 Å². The van der Waals surface area contributed by atoms with Gasteiger partial charge in [-0.05, 0) is 73.4 Å². The maximum atomic E-state index is 13.2. The first-order valence-corrected chi connectivity index (χ1v) is 12.5. The van der Waals surface area contributed by atoms with Crippen LogP contribution in [-0.4, -0.2) is 34.7 Å². The number of likely N-dealkylation sites (tertiary alicyclic amines) is 1. The Bertz CT molecular complexity index is 1070. The molecule has 6 nitrogen and oxygen atoms in total. The molecule has 5 rings (SSSR count). The molecule has 0 aromatic heterocycles. The van der Waals surface area contributed by atoms with Gasteiger partial charge in [0.1, 0.15) is 6.04 Å². The largest absolute Gasteiger partial charge is 0.347 e. The van der Waals surface area contributed by atoms with Crippen molar-refractivity contribution in [1.29, 1.82) is 0 Å². The summed E-state index contributed by atoms with van der Waals surface area (Å²) < 4.78 is 1.01. The predicted molar refractivity (Wildman–Crippen MR) is 129 cm³/mol. The molecule has 1 saturated heterocycles. The third-order valence-corrected chi connectivity index (χ3v) is 7.54. The number of hydrogen-bond acceptors (Lipinski definition) is 3. The van der Waals surface area contributed by atoms with Crippen LogP contribution in [0.5, 0.6) is 0 Å². The maximum absolute atomic E-state index is 13.2. The van der Waals surface area contributed by atoms with E-state index in [0.717, 1.165) is 35.8 Å². The number of amides is 3. The number of carbonyl (C=O) groups is 3. The van der Waals surface area contributed by atoms with Crippen molar-refractivity contribution in [3.05, 3.63) is 64.1 Å². The van der Waals surface area contributed by atoms with Crippen LogP contribution < -0.4 is 10.6 Å². The second kappa shape index (κ2) is 9.29. The molecule has 0 spiro atoms. The fourth-order valence-electron chi connectivity index (χ4n) is 5.31. The quantitative estimate of drug-likeness (QED) is 0.582. The number of rotatable bonds is 7. The number of aryl methyl sites for hydroxylation is 1. The highest BCUT2D eigenvalue weighted by Crippen LogP contribution is 2.48. The summed E-state index contributed by atoms with van der Waals surface area (Å²) >= 11 is 3.53. The molecular formula is C26H28BrN3O3. The molecule has 4 atom stereocenters. The summed E-state index contributed by atoms with van der Waals surface area (Å²) in [6.07, 6.45) is 4.63. The van der Waals surface area contributed by atoms with Crippen LogP contribution in [0, 0.1) is 5.92 Å². The van der Waals surface area contributed by atoms with Gasteiger partial charge in [-0.15, -0.1) is 0 Å². The lowest BCUT2D eigenvalue weighted by Gasteiger charge is -2.28. The normalized spacial score (nSPS) is 24.7. The zero-order valence-corrected chi connectivity index (χ0v) is 20.0. The number of fused-ring (bicyclic) bond motifs is 2. The summed E-state index contributed by atoms with van der Waals surface area (Å²) in [6, 6.07) is 15.3. The Balaban J connectivity index is 1.15. The van der Waals surface area contributed by atoms with Gasteiger partial charge < -0.3 is 15.5 Å². The van der Waals surface area contributed by atoms with Crippen molar-refractivity contribution in [2.24, 2.45) is 5.92 Å². The van der Waals surface area contributed by atoms with Crippen molar-refractivity contribution >= 4 is 39.3 Å². The first kappa shape index (κ1) is 22.1. The smallest absolute Gasteiger partial charge is 0.243 e. The summed E-state index contributed by atoms with van der Waals surface area (Å²) in [5, 5.41) is 6.06. The predicted octanol–water partition coefficient (Wildman–Crippen LogP) is 4.35. The third-order valence-electron chi connectivity index (χ3n) is 7.05. The summed E-state index contributed by atoms with van der Waals surface area (Å²) in [5.41, 5.74) is 3.20. The molecule has 1 saturated carbocycles. The van der Waals surface area contributed by atoms with Crippen molar-refractivity contribution in [3.8, 4) is 0 Å². The van der Waals surface area contributed by atoms with Crippen molar-refractivity contribution in [3.63, 3.8) is 0 Å². The number of benzene rings is 2. The molecule has 33 heavy (non-hydrogen) atoms. The molecule has 2 N–H and O–H groups in total. The first-order valence-electron chi connectivity index (χ1n) is 11.7. The molecule has 3 aliphatic rings. The summed E-state index contributed by atoms with van der Waals surface area (Å²) in [7, 11) is 0. The van der Waals surface area contributed by atoms with Crippen molar-refractivity contribution in [1.82, 2.24) is 10.2 Å². The van der Waals surface area contributed by atoms with E-state index in [-0.39, 0.29) is 42.6 Å². The van der Waals surface area contributed by atoms with E-state index in [1.807, 2.05) is 41.3 Å². The number of piperidine rings is 1. The van der Waals surface area contributed by atoms with E-state index < -0.39 is 6.04 Å². The van der Waals surface area contributed by atoms with Gasteiger partial charge in [-0.25, -0.2) is 0 Å². The van der Waals surface area contributed by atoms with E-state index >= 15 is 0 Å². The van der Waals surface area contributed by atoms with Crippen LogP contribution in [0.15, 0.2) is 53.0 Å². The van der Waals surface area contributed by atoms with Crippen LogP contribution in [0.2, 0.25) is 0 Å². The number of halogens is 1. The Morgan fingerprint density at radius 1 is 1.03 bits per heavy atom. The van der Waals surface area contributed by atoms with Crippen molar-refractivity contribution in [2.45, 2.75) is 63.1 Å². The van der Waals surface area contributed by atoms with Gasteiger partial charge in [0.2, 0.25) is 17.7 Å². The number of nitrogens with one attached hydrogen (secondary N) is 2. The molecular weight excluding hydrogens is 482 g/mol. The topological polar surface area (TPSA) is 78.5 Å². The summed E-state index contributed by atoms with van der Waals surface area (Å²) in [6.45, 7) is 0. The van der Waals surface area contributed by atoms with Gasteiger partial charge in [0.05, 0.1) is 6.04 Å². The maximum Gasteiger partial charge on any atom is 0.243 e. The lowest BCUT2D eigenvalue weighted by Crippen LogP contribution is -2.48. The Hall–Kier alpha value is -2.67. The third kappa shape index (κ3) is 4.83. The second-order valence-electron chi connectivity index (χ2n) is 9.33. The minimum atomic E-state index is -0.393. The minimum absolute atomic E-state index is 0.000519. The van der Waals surface area contributed by atoms with E-state index in [1.54, 1.807) is 0 Å². The molecule has 3 amide bonds. The van der Waals surface area contributed by atoms with E-state index in [2.05, 4.69) is 38.7 Å². The van der Waals surface area contributed by atoms with Gasteiger partial charge in [-0.2, -0.15) is 0 Å². The van der Waals surface area contributed by atoms with Gasteiger partial charge in [0.15, 0.2) is 0 Å². The van der Waals surface area contributed by atoms with Crippen LogP contribution >= 0.6 is 15.9 Å². The number of nitrogens with zero attached hydrogens (tertiary/aromatic N) is 1. The molecule has 1 heterocycles. The monoisotopic (exact) mass is 509 g/mol. The lowest BCUT2D eigenvalue weighted by atomic mass is 10.1. The van der Waals surface area contributed by atoms with Crippen LogP contribution in [0.3, 0.4) is 0 Å². The molecule has 7 heteroatoms. The number of carbonyl (C=O) groups excluding carboxylic acids is 3. The number of hydrogen-bond donors (Lipinski definition) is 2. The van der Waals surface area contributed by atoms with E-state index in [1.165, 1.54) is 11.1 Å². The molecule has 172 valence electrons. The Labute approximate surface area is 202 Å². The van der Waals surface area contributed by atoms with Crippen LogP contribution in [-0.2, 0) is 20.8 Å². The fraction of sp³-hybridized carbons (Fsp3) is 0.423. The Kier molecular flexibility index (Phi) is 6.23. The standard InChI is InChI=1S/C26H28BrN3O3/c27-18-11-9-16-10-12-21(20(16)15-18)29-26(33)23-14-17-13-22(17)30(23)25(32)8-4-7-24(31)28-19-5-2-1-3-6-19/h1-3,5-6,9,11,15,17,21-23H,4,7-8,10,12-14H2,(H,28,31)(H,29,33)/t17-,21+,22-,23+/m1/s1. The molecule has 0 radical (unpaired) electrons. The minimum Gasteiger partial charge on any atom is -0.347 e. The van der Waals surface area contributed by atoms with Gasteiger partial charge in [0.25, 0.3) is 0 Å². The summed E-state index contributed by atoms with van der Waals surface area (Å²) in [5.74, 6) is 0.286. The van der Waals surface area contributed by atoms with E-state index in [4.69, 9.17) is 0 Å². The molecule has 2 aliphatic carbocycles. The molecule has 2 aromatic rings. The Morgan fingerprint density at radius 2 is 1.85 bits per heavy atom. The second-order valence-corrected chi connectivity index (χ2v) is 10.2. The average Bonchev–Trinajstić information content (AvgIpc) is 3.29. The molecule has 1 aliphatic heterocycles. The highest BCUT2D eigenvalue weighted by Gasteiger charge is 2.55.